The van der Waals surface area contributed by atoms with E-state index in [1.54, 1.807) is 0 Å². The number of H-pyrrole nitrogens is 1. The van der Waals surface area contributed by atoms with Crippen molar-refractivity contribution in [3.05, 3.63) is 29.6 Å². The Bertz CT molecular complexity index is 542. The predicted molar refractivity (Wildman–Crippen MR) is 80.4 cm³/mol. The fourth-order valence-electron chi connectivity index (χ4n) is 2.31. The van der Waals surface area contributed by atoms with Gasteiger partial charge in [0.2, 0.25) is 0 Å². The lowest BCUT2D eigenvalue weighted by molar-refractivity contribution is 0.283. The van der Waals surface area contributed by atoms with E-state index in [4.69, 9.17) is 0 Å². The molecule has 0 aliphatic carbocycles. The molecular weight excluding hydrogens is 236 g/mol. The molecule has 0 spiro atoms. The molecule has 4 nitrogen and oxygen atoms in total. The zero-order chi connectivity index (χ0) is 14.0. The van der Waals surface area contributed by atoms with E-state index in [0.29, 0.717) is 12.1 Å². The molecule has 4 heteroatoms. The Hall–Kier alpha value is -1.39. The second-order valence-electron chi connectivity index (χ2n) is 5.64. The molecule has 2 aromatic rings. The zero-order valence-electron chi connectivity index (χ0n) is 12.5. The lowest BCUT2D eigenvalue weighted by Crippen LogP contribution is -2.34. The standard InChI is InChI=1S/C15H24N4/c1-10(2)16-9-15(19(4)5)12-6-7-13-14(8-12)18-11(3)17-13/h6-8,10,15-16H,9H2,1-5H3,(H,17,18). The maximum atomic E-state index is 4.45. The zero-order valence-corrected chi connectivity index (χ0v) is 12.5. The van der Waals surface area contributed by atoms with Crippen LogP contribution in [-0.4, -0.2) is 41.5 Å². The van der Waals surface area contributed by atoms with Gasteiger partial charge >= 0.3 is 0 Å². The summed E-state index contributed by atoms with van der Waals surface area (Å²) >= 11 is 0. The Balaban J connectivity index is 2.27. The molecule has 1 aromatic carbocycles. The number of fused-ring (bicyclic) bond motifs is 1. The minimum absolute atomic E-state index is 0.371. The SMILES string of the molecule is Cc1nc2ccc(C(CNC(C)C)N(C)C)cc2[nH]1. The number of aromatic nitrogens is 2. The molecule has 1 heterocycles. The Morgan fingerprint density at radius 1 is 1.32 bits per heavy atom. The number of imidazole rings is 1. The number of nitrogens with one attached hydrogen (secondary N) is 2. The van der Waals surface area contributed by atoms with E-state index in [-0.39, 0.29) is 0 Å². The van der Waals surface area contributed by atoms with E-state index in [1.807, 2.05) is 6.92 Å². The van der Waals surface area contributed by atoms with Crippen LogP contribution in [0.1, 0.15) is 31.3 Å². The predicted octanol–water partition coefficient (Wildman–Crippen LogP) is 2.47. The van der Waals surface area contributed by atoms with Gasteiger partial charge in [-0.1, -0.05) is 19.9 Å². The first-order chi connectivity index (χ1) is 8.97. The van der Waals surface area contributed by atoms with Crippen molar-refractivity contribution in [1.29, 1.82) is 0 Å². The van der Waals surface area contributed by atoms with Crippen LogP contribution < -0.4 is 5.32 Å². The summed E-state index contributed by atoms with van der Waals surface area (Å²) in [4.78, 5) is 10.0. The highest BCUT2D eigenvalue weighted by atomic mass is 15.1. The molecular formula is C15H24N4. The fourth-order valence-corrected chi connectivity index (χ4v) is 2.31. The van der Waals surface area contributed by atoms with Crippen molar-refractivity contribution in [2.45, 2.75) is 32.9 Å². The lowest BCUT2D eigenvalue weighted by atomic mass is 10.0. The summed E-state index contributed by atoms with van der Waals surface area (Å²) in [5, 5.41) is 3.51. The van der Waals surface area contributed by atoms with Crippen LogP contribution in [0.25, 0.3) is 11.0 Å². The van der Waals surface area contributed by atoms with E-state index in [2.05, 4.69) is 66.3 Å². The van der Waals surface area contributed by atoms with Crippen LogP contribution in [-0.2, 0) is 0 Å². The van der Waals surface area contributed by atoms with Crippen LogP contribution in [0.15, 0.2) is 18.2 Å². The molecule has 2 rings (SSSR count). The van der Waals surface area contributed by atoms with Crippen LogP contribution in [0.2, 0.25) is 0 Å². The Morgan fingerprint density at radius 3 is 2.68 bits per heavy atom. The highest BCUT2D eigenvalue weighted by Crippen LogP contribution is 2.22. The highest BCUT2D eigenvalue weighted by Gasteiger charge is 2.15. The maximum Gasteiger partial charge on any atom is 0.104 e. The van der Waals surface area contributed by atoms with Crippen LogP contribution in [0, 0.1) is 6.92 Å². The second-order valence-corrected chi connectivity index (χ2v) is 5.64. The third-order valence-corrected chi connectivity index (χ3v) is 3.35. The molecule has 0 amide bonds. The quantitative estimate of drug-likeness (QED) is 0.868. The van der Waals surface area contributed by atoms with Gasteiger partial charge in [-0.15, -0.1) is 0 Å². The van der Waals surface area contributed by atoms with Crippen LogP contribution in [0.4, 0.5) is 0 Å². The molecule has 19 heavy (non-hydrogen) atoms. The van der Waals surface area contributed by atoms with E-state index in [0.717, 1.165) is 23.4 Å². The van der Waals surface area contributed by atoms with Crippen LogP contribution in [0.3, 0.4) is 0 Å². The number of likely N-dealkylation sites (N-methyl/N-ethyl adjacent to an activating group) is 1. The van der Waals surface area contributed by atoms with Gasteiger partial charge in [0.05, 0.1) is 11.0 Å². The van der Waals surface area contributed by atoms with Gasteiger partial charge in [0.25, 0.3) is 0 Å². The van der Waals surface area contributed by atoms with E-state index in [1.165, 1.54) is 5.56 Å². The number of aryl methyl sites for hydroxylation is 1. The van der Waals surface area contributed by atoms with Gasteiger partial charge in [-0.3, -0.25) is 0 Å². The first-order valence-corrected chi connectivity index (χ1v) is 6.83. The van der Waals surface area contributed by atoms with Crippen LogP contribution >= 0.6 is 0 Å². The first-order valence-electron chi connectivity index (χ1n) is 6.83. The van der Waals surface area contributed by atoms with Gasteiger partial charge in [0.15, 0.2) is 0 Å². The average Bonchev–Trinajstić information content (AvgIpc) is 2.67. The summed E-state index contributed by atoms with van der Waals surface area (Å²) in [6.45, 7) is 7.29. The lowest BCUT2D eigenvalue weighted by Gasteiger charge is -2.26. The molecule has 1 unspecified atom stereocenters. The normalized spacial score (nSPS) is 13.6. The second kappa shape index (κ2) is 5.72. The van der Waals surface area contributed by atoms with Crippen molar-refractivity contribution in [3.8, 4) is 0 Å². The van der Waals surface area contributed by atoms with Crippen molar-refractivity contribution >= 4 is 11.0 Å². The van der Waals surface area contributed by atoms with Crippen molar-refractivity contribution in [2.24, 2.45) is 0 Å². The van der Waals surface area contributed by atoms with Gasteiger partial charge in [0, 0.05) is 18.6 Å². The van der Waals surface area contributed by atoms with Gasteiger partial charge in [-0.2, -0.15) is 0 Å². The third-order valence-electron chi connectivity index (χ3n) is 3.35. The molecule has 1 aromatic heterocycles. The molecule has 2 N–H and O–H groups in total. The largest absolute Gasteiger partial charge is 0.342 e. The number of rotatable bonds is 5. The topological polar surface area (TPSA) is 44.0 Å². The minimum Gasteiger partial charge on any atom is -0.342 e. The fraction of sp³-hybridized carbons (Fsp3) is 0.533. The number of hydrogen-bond acceptors (Lipinski definition) is 3. The van der Waals surface area contributed by atoms with Crippen molar-refractivity contribution < 1.29 is 0 Å². The molecule has 1 atom stereocenters. The summed E-state index contributed by atoms with van der Waals surface area (Å²) in [7, 11) is 4.24. The molecule has 0 saturated heterocycles. The summed E-state index contributed by atoms with van der Waals surface area (Å²) in [5.74, 6) is 0.967. The number of aromatic amines is 1. The molecule has 0 radical (unpaired) electrons. The number of hydrogen-bond donors (Lipinski definition) is 2. The van der Waals surface area contributed by atoms with Crippen molar-refractivity contribution in [3.63, 3.8) is 0 Å². The third kappa shape index (κ3) is 3.33. The molecule has 0 aliphatic rings. The Kier molecular flexibility index (Phi) is 4.22. The highest BCUT2D eigenvalue weighted by molar-refractivity contribution is 5.76. The van der Waals surface area contributed by atoms with E-state index >= 15 is 0 Å². The van der Waals surface area contributed by atoms with E-state index < -0.39 is 0 Å². The molecule has 0 aliphatic heterocycles. The Labute approximate surface area is 115 Å². The first kappa shape index (κ1) is 14.0. The smallest absolute Gasteiger partial charge is 0.104 e. The monoisotopic (exact) mass is 260 g/mol. The summed E-state index contributed by atoms with van der Waals surface area (Å²) in [6, 6.07) is 7.35. The number of nitrogens with zero attached hydrogens (tertiary/aromatic N) is 2. The molecule has 0 saturated carbocycles. The van der Waals surface area contributed by atoms with Crippen molar-refractivity contribution in [1.82, 2.24) is 20.2 Å². The summed E-state index contributed by atoms with van der Waals surface area (Å²) < 4.78 is 0. The Morgan fingerprint density at radius 2 is 2.05 bits per heavy atom. The van der Waals surface area contributed by atoms with Crippen molar-refractivity contribution in [2.75, 3.05) is 20.6 Å². The molecule has 0 fully saturated rings. The number of benzene rings is 1. The molecule has 0 bridgehead atoms. The van der Waals surface area contributed by atoms with Gasteiger partial charge < -0.3 is 15.2 Å². The summed E-state index contributed by atoms with van der Waals surface area (Å²) in [5.41, 5.74) is 3.47. The maximum absolute atomic E-state index is 4.45. The molecule has 104 valence electrons. The van der Waals surface area contributed by atoms with Gasteiger partial charge in [0.1, 0.15) is 5.82 Å². The van der Waals surface area contributed by atoms with Gasteiger partial charge in [-0.05, 0) is 38.7 Å². The van der Waals surface area contributed by atoms with Gasteiger partial charge in [-0.25, -0.2) is 4.98 Å². The van der Waals surface area contributed by atoms with Crippen LogP contribution in [0.5, 0.6) is 0 Å². The summed E-state index contributed by atoms with van der Waals surface area (Å²) in [6.07, 6.45) is 0. The minimum atomic E-state index is 0.371. The average molecular weight is 260 g/mol. The van der Waals surface area contributed by atoms with E-state index in [9.17, 15) is 0 Å².